The first-order valence-corrected chi connectivity index (χ1v) is 8.87. The van der Waals surface area contributed by atoms with Crippen LogP contribution in [0.3, 0.4) is 0 Å². The molecule has 1 aromatic carbocycles. The summed E-state index contributed by atoms with van der Waals surface area (Å²) in [7, 11) is 2.19. The number of aliphatic hydroxyl groups is 1. The molecule has 23 heavy (non-hydrogen) atoms. The molecule has 0 saturated heterocycles. The second-order valence-corrected chi connectivity index (χ2v) is 6.61. The van der Waals surface area contributed by atoms with Gasteiger partial charge in [-0.1, -0.05) is 49.6 Å². The number of carbonyl (C=O) groups is 1. The van der Waals surface area contributed by atoms with Crippen molar-refractivity contribution in [3.05, 3.63) is 35.9 Å². The third-order valence-electron chi connectivity index (χ3n) is 4.77. The molecule has 1 aliphatic rings. The van der Waals surface area contributed by atoms with Crippen molar-refractivity contribution in [1.82, 2.24) is 10.2 Å². The van der Waals surface area contributed by atoms with Crippen molar-refractivity contribution in [2.24, 2.45) is 0 Å². The minimum Gasteiger partial charge on any atom is -0.388 e. The number of aliphatic hydroxyl groups excluding tert-OH is 1. The van der Waals surface area contributed by atoms with Crippen molar-refractivity contribution in [1.29, 1.82) is 0 Å². The molecule has 1 aliphatic carbocycles. The van der Waals surface area contributed by atoms with E-state index < -0.39 is 6.10 Å². The van der Waals surface area contributed by atoms with Gasteiger partial charge in [0.15, 0.2) is 0 Å². The van der Waals surface area contributed by atoms with E-state index in [1.807, 2.05) is 30.3 Å². The first-order valence-electron chi connectivity index (χ1n) is 8.87. The molecule has 1 fully saturated rings. The summed E-state index contributed by atoms with van der Waals surface area (Å²) in [6.07, 6.45) is 7.07. The van der Waals surface area contributed by atoms with Crippen LogP contribution in [0.1, 0.15) is 56.6 Å². The Hall–Kier alpha value is -1.39. The van der Waals surface area contributed by atoms with Gasteiger partial charge in [-0.3, -0.25) is 4.79 Å². The van der Waals surface area contributed by atoms with E-state index in [0.29, 0.717) is 6.54 Å². The lowest BCUT2D eigenvalue weighted by atomic mass is 9.94. The maximum atomic E-state index is 11.9. The van der Waals surface area contributed by atoms with E-state index in [9.17, 15) is 9.90 Å². The lowest BCUT2D eigenvalue weighted by Crippen LogP contribution is -2.36. The SMILES string of the molecule is CN(CCCNC(=O)CC(O)c1ccccc1)C1CCCCC1. The molecule has 1 unspecified atom stereocenters. The summed E-state index contributed by atoms with van der Waals surface area (Å²) in [4.78, 5) is 14.3. The Morgan fingerprint density at radius 1 is 1.26 bits per heavy atom. The van der Waals surface area contributed by atoms with E-state index in [-0.39, 0.29) is 12.3 Å². The van der Waals surface area contributed by atoms with E-state index in [4.69, 9.17) is 0 Å². The first kappa shape index (κ1) is 18.0. The van der Waals surface area contributed by atoms with E-state index in [1.165, 1.54) is 32.1 Å². The number of hydrogen-bond donors (Lipinski definition) is 2. The zero-order valence-corrected chi connectivity index (χ0v) is 14.2. The number of rotatable bonds is 8. The Bertz CT molecular complexity index is 458. The van der Waals surface area contributed by atoms with Crippen LogP contribution < -0.4 is 5.32 Å². The molecule has 0 bridgehead atoms. The molecule has 2 N–H and O–H groups in total. The summed E-state index contributed by atoms with van der Waals surface area (Å²) in [6, 6.07) is 10.1. The van der Waals surface area contributed by atoms with E-state index in [1.54, 1.807) is 0 Å². The molecule has 2 rings (SSSR count). The summed E-state index contributed by atoms with van der Waals surface area (Å²) >= 11 is 0. The minimum atomic E-state index is -0.721. The highest BCUT2D eigenvalue weighted by molar-refractivity contribution is 5.76. The molecule has 4 heteroatoms. The summed E-state index contributed by atoms with van der Waals surface area (Å²) in [5.74, 6) is -0.0818. The maximum Gasteiger partial charge on any atom is 0.222 e. The number of carbonyl (C=O) groups excluding carboxylic acids is 1. The molecule has 1 saturated carbocycles. The van der Waals surface area contributed by atoms with Gasteiger partial charge in [-0.15, -0.1) is 0 Å². The average molecular weight is 318 g/mol. The molecule has 4 nitrogen and oxygen atoms in total. The highest BCUT2D eigenvalue weighted by Gasteiger charge is 2.17. The van der Waals surface area contributed by atoms with Crippen LogP contribution in [-0.2, 0) is 4.79 Å². The summed E-state index contributed by atoms with van der Waals surface area (Å²) in [5.41, 5.74) is 0.791. The molecule has 1 amide bonds. The molecule has 0 aliphatic heterocycles. The highest BCUT2D eigenvalue weighted by atomic mass is 16.3. The smallest absolute Gasteiger partial charge is 0.222 e. The number of hydrogen-bond acceptors (Lipinski definition) is 3. The van der Waals surface area contributed by atoms with Crippen molar-refractivity contribution in [3.8, 4) is 0 Å². The molecule has 1 aromatic rings. The van der Waals surface area contributed by atoms with Gasteiger partial charge in [0.1, 0.15) is 0 Å². The molecule has 128 valence electrons. The van der Waals surface area contributed by atoms with Gasteiger partial charge in [0.05, 0.1) is 12.5 Å². The van der Waals surface area contributed by atoms with Crippen LogP contribution in [0.25, 0.3) is 0 Å². The molecule has 0 radical (unpaired) electrons. The Balaban J connectivity index is 1.59. The molecular formula is C19H30N2O2. The second kappa shape index (κ2) is 9.68. The van der Waals surface area contributed by atoms with Gasteiger partial charge in [0, 0.05) is 12.6 Å². The van der Waals surface area contributed by atoms with E-state index >= 15 is 0 Å². The number of amides is 1. The predicted octanol–water partition coefficient (Wildman–Crippen LogP) is 2.88. The van der Waals surface area contributed by atoms with Crippen molar-refractivity contribution in [3.63, 3.8) is 0 Å². The standard InChI is InChI=1S/C19H30N2O2/c1-21(17-11-6-3-7-12-17)14-8-13-20-19(23)15-18(22)16-9-4-2-5-10-16/h2,4-5,9-10,17-18,22H,3,6-8,11-15H2,1H3,(H,20,23). The molecule has 0 heterocycles. The Morgan fingerprint density at radius 2 is 1.96 bits per heavy atom. The van der Waals surface area contributed by atoms with Gasteiger partial charge in [0.25, 0.3) is 0 Å². The average Bonchev–Trinajstić information content (AvgIpc) is 2.60. The van der Waals surface area contributed by atoms with Crippen LogP contribution in [0.15, 0.2) is 30.3 Å². The van der Waals surface area contributed by atoms with Gasteiger partial charge in [0.2, 0.25) is 5.91 Å². The van der Waals surface area contributed by atoms with Gasteiger partial charge in [-0.05, 0) is 38.4 Å². The molecular weight excluding hydrogens is 288 g/mol. The lowest BCUT2D eigenvalue weighted by molar-refractivity contribution is -0.123. The van der Waals surface area contributed by atoms with Crippen molar-refractivity contribution in [2.45, 2.75) is 57.1 Å². The largest absolute Gasteiger partial charge is 0.388 e. The maximum absolute atomic E-state index is 11.9. The highest BCUT2D eigenvalue weighted by Crippen LogP contribution is 2.21. The van der Waals surface area contributed by atoms with Crippen LogP contribution in [0.2, 0.25) is 0 Å². The van der Waals surface area contributed by atoms with Gasteiger partial charge in [-0.25, -0.2) is 0 Å². The van der Waals surface area contributed by atoms with Crippen molar-refractivity contribution < 1.29 is 9.90 Å². The number of nitrogens with one attached hydrogen (secondary N) is 1. The van der Waals surface area contributed by atoms with Crippen LogP contribution in [0.5, 0.6) is 0 Å². The monoisotopic (exact) mass is 318 g/mol. The minimum absolute atomic E-state index is 0.0818. The van der Waals surface area contributed by atoms with Crippen LogP contribution in [0.4, 0.5) is 0 Å². The topological polar surface area (TPSA) is 52.6 Å². The number of nitrogens with zero attached hydrogens (tertiary/aromatic N) is 1. The molecule has 0 spiro atoms. The van der Waals surface area contributed by atoms with Crippen LogP contribution in [-0.4, -0.2) is 42.1 Å². The van der Waals surface area contributed by atoms with Crippen LogP contribution >= 0.6 is 0 Å². The van der Waals surface area contributed by atoms with Gasteiger partial charge >= 0.3 is 0 Å². The zero-order valence-electron chi connectivity index (χ0n) is 14.2. The Morgan fingerprint density at radius 3 is 2.65 bits per heavy atom. The summed E-state index contributed by atoms with van der Waals surface area (Å²) in [6.45, 7) is 1.70. The Kier molecular flexibility index (Phi) is 7.56. The fraction of sp³-hybridized carbons (Fsp3) is 0.632. The first-order chi connectivity index (χ1) is 11.2. The number of benzene rings is 1. The van der Waals surface area contributed by atoms with E-state index in [0.717, 1.165) is 24.6 Å². The van der Waals surface area contributed by atoms with Crippen molar-refractivity contribution >= 4 is 5.91 Å². The van der Waals surface area contributed by atoms with Gasteiger partial charge in [-0.2, -0.15) is 0 Å². The fourth-order valence-corrected chi connectivity index (χ4v) is 3.30. The van der Waals surface area contributed by atoms with Crippen molar-refractivity contribution in [2.75, 3.05) is 20.1 Å². The predicted molar refractivity (Wildman–Crippen MR) is 93.1 cm³/mol. The quantitative estimate of drug-likeness (QED) is 0.725. The third kappa shape index (κ3) is 6.32. The fourth-order valence-electron chi connectivity index (χ4n) is 3.30. The lowest BCUT2D eigenvalue weighted by Gasteiger charge is -2.31. The molecule has 1 atom stereocenters. The summed E-state index contributed by atoms with van der Waals surface area (Å²) in [5, 5.41) is 13.0. The normalized spacial score (nSPS) is 17.2. The van der Waals surface area contributed by atoms with E-state index in [2.05, 4.69) is 17.3 Å². The Labute approximate surface area is 139 Å². The van der Waals surface area contributed by atoms with Gasteiger partial charge < -0.3 is 15.3 Å². The summed E-state index contributed by atoms with van der Waals surface area (Å²) < 4.78 is 0. The second-order valence-electron chi connectivity index (χ2n) is 6.61. The third-order valence-corrected chi connectivity index (χ3v) is 4.77. The zero-order chi connectivity index (χ0) is 16.5. The molecule has 0 aromatic heterocycles. The van der Waals surface area contributed by atoms with Crippen LogP contribution in [0, 0.1) is 0 Å².